The van der Waals surface area contributed by atoms with Crippen LogP contribution in [0.3, 0.4) is 0 Å². The number of rotatable bonds is 2. The highest BCUT2D eigenvalue weighted by Crippen LogP contribution is 2.05. The topological polar surface area (TPSA) is 20.2 Å². The second kappa shape index (κ2) is 3.54. The molecular weight excluding hydrogens is 140 g/mol. The minimum atomic E-state index is 0.0316. The highest BCUT2D eigenvalue weighted by atomic mass is 28.2. The van der Waals surface area contributed by atoms with Crippen LogP contribution in [0.15, 0.2) is 24.3 Å². The molecule has 0 aliphatic heterocycles. The lowest BCUT2D eigenvalue weighted by molar-refractivity contribution is 0.600. The summed E-state index contributed by atoms with van der Waals surface area (Å²) in [5, 5.41) is 0. The van der Waals surface area contributed by atoms with Crippen LogP contribution in [0.1, 0.15) is 11.1 Å². The molecule has 1 nitrogen and oxygen atoms in total. The maximum Gasteiger partial charge on any atom is 0.229 e. The third-order valence-corrected chi connectivity index (χ3v) is 2.07. The molecule has 0 heterocycles. The van der Waals surface area contributed by atoms with E-state index in [0.29, 0.717) is 0 Å². The van der Waals surface area contributed by atoms with Crippen LogP contribution in [0.5, 0.6) is 0 Å². The summed E-state index contributed by atoms with van der Waals surface area (Å²) < 4.78 is 0. The van der Waals surface area contributed by atoms with Crippen LogP contribution in [0.25, 0.3) is 0 Å². The van der Waals surface area contributed by atoms with E-state index < -0.39 is 0 Å². The number of hydrogen-bond acceptors (Lipinski definition) is 1. The van der Waals surface area contributed by atoms with Crippen molar-refractivity contribution in [2.75, 3.05) is 0 Å². The maximum absolute atomic E-state index is 8.67. The summed E-state index contributed by atoms with van der Waals surface area (Å²) in [6.45, 7) is 2.06. The lowest BCUT2D eigenvalue weighted by atomic mass is 10.1. The molecule has 0 saturated carbocycles. The average Bonchev–Trinajstić information content (AvgIpc) is 1.94. The zero-order chi connectivity index (χ0) is 7.40. The lowest BCUT2D eigenvalue weighted by Gasteiger charge is -1.99. The molecule has 0 saturated heterocycles. The first-order valence-corrected chi connectivity index (χ1v) is 4.41. The minimum Gasteiger partial charge on any atom is -0.431 e. The molecule has 1 aromatic carbocycles. The van der Waals surface area contributed by atoms with Gasteiger partial charge in [0.1, 0.15) is 0 Å². The van der Waals surface area contributed by atoms with E-state index in [2.05, 4.69) is 19.1 Å². The molecule has 0 spiro atoms. The van der Waals surface area contributed by atoms with Crippen LogP contribution in [0, 0.1) is 6.92 Å². The van der Waals surface area contributed by atoms with Crippen molar-refractivity contribution in [2.24, 2.45) is 0 Å². The van der Waals surface area contributed by atoms with Gasteiger partial charge in [-0.05, 0) is 24.1 Å². The predicted molar refractivity (Wildman–Crippen MR) is 42.9 cm³/mol. The number of aryl methyl sites for hydroxylation is 1. The third kappa shape index (κ3) is 1.69. The minimum absolute atomic E-state index is 0.0316. The summed E-state index contributed by atoms with van der Waals surface area (Å²) in [7, 11) is 0.0316. The largest absolute Gasteiger partial charge is 0.431 e. The van der Waals surface area contributed by atoms with Crippen molar-refractivity contribution < 1.29 is 4.80 Å². The van der Waals surface area contributed by atoms with Crippen LogP contribution < -0.4 is 0 Å². The molecule has 52 valence electrons. The summed E-state index contributed by atoms with van der Waals surface area (Å²) in [4.78, 5) is 8.67. The van der Waals surface area contributed by atoms with E-state index in [1.165, 1.54) is 11.1 Å². The highest BCUT2D eigenvalue weighted by Gasteiger charge is 1.94. The van der Waals surface area contributed by atoms with Gasteiger partial charge in [0, 0.05) is 0 Å². The van der Waals surface area contributed by atoms with Gasteiger partial charge in [-0.15, -0.1) is 0 Å². The fraction of sp³-hybridized carbons (Fsp3) is 0.250. The molecule has 1 aromatic rings. The summed E-state index contributed by atoms with van der Waals surface area (Å²) >= 11 is 0. The molecule has 0 fully saturated rings. The van der Waals surface area contributed by atoms with Crippen LogP contribution in [-0.2, 0) is 6.04 Å². The van der Waals surface area contributed by atoms with Crippen LogP contribution in [-0.4, -0.2) is 14.6 Å². The van der Waals surface area contributed by atoms with Gasteiger partial charge in [0.2, 0.25) is 9.76 Å². The SMILES string of the molecule is Cc1ccccc1C[Si]O. The average molecular weight is 150 g/mol. The Labute approximate surface area is 63.7 Å². The molecule has 0 bridgehead atoms. The smallest absolute Gasteiger partial charge is 0.229 e. The van der Waals surface area contributed by atoms with E-state index >= 15 is 0 Å². The van der Waals surface area contributed by atoms with E-state index in [0.717, 1.165) is 6.04 Å². The van der Waals surface area contributed by atoms with E-state index in [-0.39, 0.29) is 9.76 Å². The summed E-state index contributed by atoms with van der Waals surface area (Å²) in [5.41, 5.74) is 2.52. The van der Waals surface area contributed by atoms with E-state index in [4.69, 9.17) is 4.80 Å². The zero-order valence-electron chi connectivity index (χ0n) is 5.96. The lowest BCUT2D eigenvalue weighted by Crippen LogP contribution is -1.96. The molecule has 0 unspecified atom stereocenters. The monoisotopic (exact) mass is 150 g/mol. The first-order valence-electron chi connectivity index (χ1n) is 3.26. The first kappa shape index (κ1) is 7.50. The highest BCUT2D eigenvalue weighted by molar-refractivity contribution is 6.24. The Balaban J connectivity index is 2.81. The van der Waals surface area contributed by atoms with E-state index in [1.54, 1.807) is 0 Å². The van der Waals surface area contributed by atoms with Gasteiger partial charge in [-0.1, -0.05) is 24.3 Å². The van der Waals surface area contributed by atoms with E-state index in [9.17, 15) is 0 Å². The third-order valence-electron chi connectivity index (χ3n) is 1.53. The molecule has 0 aromatic heterocycles. The molecule has 2 heteroatoms. The van der Waals surface area contributed by atoms with Crippen molar-refractivity contribution in [1.29, 1.82) is 0 Å². The van der Waals surface area contributed by atoms with Gasteiger partial charge in [0.15, 0.2) is 0 Å². The van der Waals surface area contributed by atoms with Crippen molar-refractivity contribution in [3.8, 4) is 0 Å². The zero-order valence-corrected chi connectivity index (χ0v) is 6.96. The second-order valence-corrected chi connectivity index (χ2v) is 2.93. The normalized spacial score (nSPS) is 9.80. The van der Waals surface area contributed by atoms with Gasteiger partial charge < -0.3 is 4.80 Å². The molecule has 0 aliphatic rings. The summed E-state index contributed by atoms with van der Waals surface area (Å²) in [5.74, 6) is 0. The number of hydrogen-bond donors (Lipinski definition) is 1. The first-order chi connectivity index (χ1) is 4.84. The van der Waals surface area contributed by atoms with Gasteiger partial charge in [0.05, 0.1) is 0 Å². The Kier molecular flexibility index (Phi) is 2.65. The van der Waals surface area contributed by atoms with Gasteiger partial charge in [-0.3, -0.25) is 0 Å². The van der Waals surface area contributed by atoms with Crippen molar-refractivity contribution in [3.05, 3.63) is 35.4 Å². The van der Waals surface area contributed by atoms with Gasteiger partial charge in [0.25, 0.3) is 0 Å². The van der Waals surface area contributed by atoms with Crippen molar-refractivity contribution in [1.82, 2.24) is 0 Å². The Hall–Kier alpha value is -0.603. The molecular formula is C8H10OSi. The van der Waals surface area contributed by atoms with Crippen molar-refractivity contribution in [2.45, 2.75) is 13.0 Å². The Morgan fingerprint density at radius 2 is 2.10 bits per heavy atom. The van der Waals surface area contributed by atoms with Gasteiger partial charge >= 0.3 is 0 Å². The summed E-state index contributed by atoms with van der Waals surface area (Å²) in [6, 6.07) is 8.93. The maximum atomic E-state index is 8.67. The van der Waals surface area contributed by atoms with Crippen molar-refractivity contribution in [3.63, 3.8) is 0 Å². The van der Waals surface area contributed by atoms with Crippen molar-refractivity contribution >= 4 is 9.76 Å². The fourth-order valence-corrected chi connectivity index (χ4v) is 1.46. The Morgan fingerprint density at radius 3 is 2.70 bits per heavy atom. The van der Waals surface area contributed by atoms with Gasteiger partial charge in [-0.25, -0.2) is 0 Å². The molecule has 2 radical (unpaired) electrons. The molecule has 0 atom stereocenters. The van der Waals surface area contributed by atoms with Crippen LogP contribution in [0.2, 0.25) is 0 Å². The Morgan fingerprint density at radius 1 is 1.40 bits per heavy atom. The molecule has 10 heavy (non-hydrogen) atoms. The Bertz CT molecular complexity index is 210. The van der Waals surface area contributed by atoms with Crippen LogP contribution >= 0.6 is 0 Å². The number of benzene rings is 1. The molecule has 0 aliphatic carbocycles. The van der Waals surface area contributed by atoms with E-state index in [1.807, 2.05) is 12.1 Å². The molecule has 1 N–H and O–H groups in total. The van der Waals surface area contributed by atoms with Gasteiger partial charge in [-0.2, -0.15) is 0 Å². The molecule has 1 rings (SSSR count). The summed E-state index contributed by atoms with van der Waals surface area (Å²) in [6.07, 6.45) is 0. The quantitative estimate of drug-likeness (QED) is 0.626. The van der Waals surface area contributed by atoms with Crippen LogP contribution in [0.4, 0.5) is 0 Å². The second-order valence-electron chi connectivity index (χ2n) is 2.26. The molecule has 0 amide bonds. The standard InChI is InChI=1S/C8H10OSi/c1-7-4-2-3-5-8(7)6-10-9/h2-5,9H,6H2,1H3. The predicted octanol–water partition coefficient (Wildman–Crippen LogP) is 1.11. The fourth-order valence-electron chi connectivity index (χ4n) is 0.894.